The summed E-state index contributed by atoms with van der Waals surface area (Å²) < 4.78 is 0. The van der Waals surface area contributed by atoms with Gasteiger partial charge in [-0.2, -0.15) is 0 Å². The molecule has 4 nitrogen and oxygen atoms in total. The maximum absolute atomic E-state index is 11.6. The fraction of sp³-hybridized carbons (Fsp3) is 0.909. The van der Waals surface area contributed by atoms with E-state index in [4.69, 9.17) is 0 Å². The Labute approximate surface area is 91.4 Å². The van der Waals surface area contributed by atoms with E-state index in [0.29, 0.717) is 18.9 Å². The lowest BCUT2D eigenvalue weighted by Crippen LogP contribution is -2.49. The third-order valence-electron chi connectivity index (χ3n) is 3.18. The topological polar surface area (TPSA) is 61.4 Å². The van der Waals surface area contributed by atoms with Gasteiger partial charge in [0.2, 0.25) is 5.91 Å². The first-order valence-electron chi connectivity index (χ1n) is 5.81. The van der Waals surface area contributed by atoms with Crippen molar-refractivity contribution >= 4 is 5.91 Å². The molecule has 0 spiro atoms. The quantitative estimate of drug-likeness (QED) is 0.588. The first kappa shape index (κ1) is 12.5. The van der Waals surface area contributed by atoms with Gasteiger partial charge in [0, 0.05) is 12.5 Å². The van der Waals surface area contributed by atoms with Crippen molar-refractivity contribution in [2.45, 2.75) is 32.8 Å². The highest BCUT2D eigenvalue weighted by atomic mass is 16.3. The van der Waals surface area contributed by atoms with Crippen LogP contribution in [0.25, 0.3) is 0 Å². The van der Waals surface area contributed by atoms with E-state index in [9.17, 15) is 9.90 Å². The monoisotopic (exact) mass is 214 g/mol. The first-order chi connectivity index (χ1) is 7.15. The van der Waals surface area contributed by atoms with Crippen molar-refractivity contribution in [3.63, 3.8) is 0 Å². The Balaban J connectivity index is 2.12. The van der Waals surface area contributed by atoms with Crippen LogP contribution in [-0.2, 0) is 4.79 Å². The lowest BCUT2D eigenvalue weighted by molar-refractivity contribution is -0.126. The van der Waals surface area contributed by atoms with Crippen LogP contribution in [0.1, 0.15) is 26.7 Å². The molecule has 88 valence electrons. The van der Waals surface area contributed by atoms with Gasteiger partial charge in [-0.25, -0.2) is 0 Å². The van der Waals surface area contributed by atoms with Crippen molar-refractivity contribution in [2.75, 3.05) is 19.6 Å². The van der Waals surface area contributed by atoms with Crippen LogP contribution in [0.2, 0.25) is 0 Å². The first-order valence-corrected chi connectivity index (χ1v) is 5.81. The van der Waals surface area contributed by atoms with Crippen molar-refractivity contribution in [1.82, 2.24) is 10.6 Å². The van der Waals surface area contributed by atoms with E-state index in [1.54, 1.807) is 0 Å². The molecule has 0 aromatic rings. The number of hydrogen-bond acceptors (Lipinski definition) is 3. The van der Waals surface area contributed by atoms with Gasteiger partial charge in [0.25, 0.3) is 0 Å². The zero-order valence-corrected chi connectivity index (χ0v) is 9.62. The second-order valence-corrected chi connectivity index (χ2v) is 4.35. The van der Waals surface area contributed by atoms with E-state index in [0.717, 1.165) is 19.5 Å². The molecule has 1 fully saturated rings. The van der Waals surface area contributed by atoms with Crippen LogP contribution < -0.4 is 10.6 Å². The zero-order valence-electron chi connectivity index (χ0n) is 9.62. The van der Waals surface area contributed by atoms with Crippen LogP contribution in [0.3, 0.4) is 0 Å². The van der Waals surface area contributed by atoms with E-state index in [1.165, 1.54) is 0 Å². The summed E-state index contributed by atoms with van der Waals surface area (Å²) in [7, 11) is 0. The third-order valence-corrected chi connectivity index (χ3v) is 3.18. The molecule has 1 saturated heterocycles. The summed E-state index contributed by atoms with van der Waals surface area (Å²) in [5, 5.41) is 15.3. The number of amides is 1. The van der Waals surface area contributed by atoms with Crippen LogP contribution in [-0.4, -0.2) is 36.8 Å². The molecular weight excluding hydrogens is 192 g/mol. The Bertz CT molecular complexity index is 205. The molecule has 0 aromatic heterocycles. The number of nitrogens with one attached hydrogen (secondary N) is 2. The van der Waals surface area contributed by atoms with E-state index < -0.39 is 0 Å². The van der Waals surface area contributed by atoms with Gasteiger partial charge >= 0.3 is 0 Å². The highest BCUT2D eigenvalue weighted by molar-refractivity contribution is 5.78. The van der Waals surface area contributed by atoms with Gasteiger partial charge in [-0.1, -0.05) is 13.8 Å². The van der Waals surface area contributed by atoms with Crippen LogP contribution in [0.4, 0.5) is 0 Å². The Kier molecular flexibility index (Phi) is 5.05. The van der Waals surface area contributed by atoms with Gasteiger partial charge in [0.05, 0.1) is 6.10 Å². The minimum absolute atomic E-state index is 0.0880. The maximum Gasteiger partial charge on any atom is 0.223 e. The van der Waals surface area contributed by atoms with Gasteiger partial charge in [0.15, 0.2) is 0 Å². The molecule has 2 atom stereocenters. The number of aliphatic hydroxyl groups is 1. The molecule has 4 heteroatoms. The molecule has 0 saturated carbocycles. The summed E-state index contributed by atoms with van der Waals surface area (Å²) in [6, 6.07) is 0. The molecule has 2 unspecified atom stereocenters. The molecule has 1 aliphatic rings. The van der Waals surface area contributed by atoms with E-state index >= 15 is 0 Å². The standard InChI is InChI=1S/C11H22N2O2/c1-3-10(14)4-5-13-11(15)8(2)9-6-12-7-9/h8-10,12,14H,3-7H2,1-2H3,(H,13,15). The predicted molar refractivity (Wildman–Crippen MR) is 59.4 cm³/mol. The second kappa shape index (κ2) is 6.08. The van der Waals surface area contributed by atoms with Gasteiger partial charge < -0.3 is 15.7 Å². The fourth-order valence-electron chi connectivity index (χ4n) is 1.61. The van der Waals surface area contributed by atoms with Gasteiger partial charge in [-0.3, -0.25) is 4.79 Å². The fourth-order valence-corrected chi connectivity index (χ4v) is 1.61. The lowest BCUT2D eigenvalue weighted by atomic mass is 9.88. The smallest absolute Gasteiger partial charge is 0.223 e. The normalized spacial score (nSPS) is 20.5. The average Bonchev–Trinajstić information content (AvgIpc) is 2.14. The molecule has 0 bridgehead atoms. The summed E-state index contributed by atoms with van der Waals surface area (Å²) in [5.41, 5.74) is 0. The molecule has 0 aromatic carbocycles. The molecule has 15 heavy (non-hydrogen) atoms. The van der Waals surface area contributed by atoms with Crippen molar-refractivity contribution < 1.29 is 9.90 Å². The average molecular weight is 214 g/mol. The molecule has 1 rings (SSSR count). The summed E-state index contributed by atoms with van der Waals surface area (Å²) in [5.74, 6) is 0.691. The van der Waals surface area contributed by atoms with Crippen molar-refractivity contribution in [3.8, 4) is 0 Å². The molecule has 1 aliphatic heterocycles. The SMILES string of the molecule is CCC(O)CCNC(=O)C(C)C1CNC1. The van der Waals surface area contributed by atoms with Crippen molar-refractivity contribution in [1.29, 1.82) is 0 Å². The number of carbonyl (C=O) groups is 1. The number of aliphatic hydroxyl groups excluding tert-OH is 1. The van der Waals surface area contributed by atoms with Crippen LogP contribution in [0, 0.1) is 11.8 Å². The van der Waals surface area contributed by atoms with E-state index in [-0.39, 0.29) is 17.9 Å². The van der Waals surface area contributed by atoms with Gasteiger partial charge in [-0.15, -0.1) is 0 Å². The minimum Gasteiger partial charge on any atom is -0.393 e. The van der Waals surface area contributed by atoms with E-state index in [2.05, 4.69) is 10.6 Å². The summed E-state index contributed by atoms with van der Waals surface area (Å²) in [4.78, 5) is 11.6. The summed E-state index contributed by atoms with van der Waals surface area (Å²) in [6.07, 6.45) is 1.11. The molecule has 0 aliphatic carbocycles. The van der Waals surface area contributed by atoms with Crippen LogP contribution >= 0.6 is 0 Å². The Morgan fingerprint density at radius 2 is 2.27 bits per heavy atom. The molecule has 0 radical (unpaired) electrons. The Hall–Kier alpha value is -0.610. The van der Waals surface area contributed by atoms with Gasteiger partial charge in [0.1, 0.15) is 0 Å². The maximum atomic E-state index is 11.6. The minimum atomic E-state index is -0.286. The second-order valence-electron chi connectivity index (χ2n) is 4.35. The predicted octanol–water partition coefficient (Wildman–Crippen LogP) is 0.119. The molecule has 3 N–H and O–H groups in total. The Morgan fingerprint density at radius 1 is 1.60 bits per heavy atom. The van der Waals surface area contributed by atoms with Crippen LogP contribution in [0.15, 0.2) is 0 Å². The largest absolute Gasteiger partial charge is 0.393 e. The summed E-state index contributed by atoms with van der Waals surface area (Å²) in [6.45, 7) is 6.39. The van der Waals surface area contributed by atoms with Crippen LogP contribution in [0.5, 0.6) is 0 Å². The van der Waals surface area contributed by atoms with Crippen molar-refractivity contribution in [2.24, 2.45) is 11.8 Å². The van der Waals surface area contributed by atoms with Gasteiger partial charge in [-0.05, 0) is 31.8 Å². The molecule has 1 amide bonds. The van der Waals surface area contributed by atoms with E-state index in [1.807, 2.05) is 13.8 Å². The number of carbonyl (C=O) groups excluding carboxylic acids is 1. The highest BCUT2D eigenvalue weighted by Crippen LogP contribution is 2.15. The Morgan fingerprint density at radius 3 is 2.73 bits per heavy atom. The lowest BCUT2D eigenvalue weighted by Gasteiger charge is -2.31. The zero-order chi connectivity index (χ0) is 11.3. The highest BCUT2D eigenvalue weighted by Gasteiger charge is 2.28. The molecular formula is C11H22N2O2. The summed E-state index contributed by atoms with van der Waals surface area (Å²) >= 11 is 0. The number of rotatable bonds is 6. The molecule has 1 heterocycles. The number of hydrogen-bond donors (Lipinski definition) is 3. The third kappa shape index (κ3) is 3.80. The van der Waals surface area contributed by atoms with Crippen molar-refractivity contribution in [3.05, 3.63) is 0 Å².